The van der Waals surface area contributed by atoms with Gasteiger partial charge in [-0.25, -0.2) is 9.78 Å². The minimum Gasteiger partial charge on any atom is -0.456 e. The van der Waals surface area contributed by atoms with Crippen LogP contribution in [-0.4, -0.2) is 55.3 Å². The largest absolute Gasteiger partial charge is 0.456 e. The Morgan fingerprint density at radius 3 is 2.73 bits per heavy atom. The number of carbonyl (C=O) groups is 3. The van der Waals surface area contributed by atoms with Gasteiger partial charge in [-0.05, 0) is 19.1 Å². The van der Waals surface area contributed by atoms with E-state index in [2.05, 4.69) is 10.3 Å². The van der Waals surface area contributed by atoms with E-state index < -0.39 is 5.97 Å². The Labute approximate surface area is 184 Å². The number of aromatic nitrogens is 1. The molecule has 0 spiro atoms. The zero-order chi connectivity index (χ0) is 21.9. The lowest BCUT2D eigenvalue weighted by atomic mass is 10.2. The van der Waals surface area contributed by atoms with Crippen LogP contribution in [0.15, 0.2) is 34.5 Å². The van der Waals surface area contributed by atoms with Gasteiger partial charge in [0, 0.05) is 37.4 Å². The summed E-state index contributed by atoms with van der Waals surface area (Å²) in [4.78, 5) is 42.6. The predicted molar refractivity (Wildman–Crippen MR) is 117 cm³/mol. The molecule has 0 aliphatic rings. The number of hydrogen-bond acceptors (Lipinski definition) is 8. The van der Waals surface area contributed by atoms with Gasteiger partial charge in [-0.15, -0.1) is 23.1 Å². The quantitative estimate of drug-likeness (QED) is 0.319. The van der Waals surface area contributed by atoms with Crippen LogP contribution in [0.1, 0.15) is 29.9 Å². The van der Waals surface area contributed by atoms with Crippen LogP contribution >= 0.6 is 23.1 Å². The van der Waals surface area contributed by atoms with Crippen LogP contribution in [0.5, 0.6) is 0 Å². The summed E-state index contributed by atoms with van der Waals surface area (Å²) in [6.07, 6.45) is 0. The van der Waals surface area contributed by atoms with Crippen LogP contribution in [0.25, 0.3) is 0 Å². The Morgan fingerprint density at radius 1 is 1.27 bits per heavy atom. The summed E-state index contributed by atoms with van der Waals surface area (Å²) in [6, 6.07) is 6.98. The molecule has 2 rings (SSSR count). The highest BCUT2D eigenvalue weighted by Gasteiger charge is 2.17. The number of benzene rings is 1. The fraction of sp³-hybridized carbons (Fsp3) is 0.400. The predicted octanol–water partition coefficient (Wildman–Crippen LogP) is 2.73. The third-order valence-corrected chi connectivity index (χ3v) is 5.90. The maximum Gasteiger partial charge on any atom is 0.339 e. The third kappa shape index (κ3) is 7.12. The van der Waals surface area contributed by atoms with Crippen molar-refractivity contribution < 1.29 is 23.9 Å². The molecule has 0 aliphatic carbocycles. The van der Waals surface area contributed by atoms with Gasteiger partial charge in [0.15, 0.2) is 5.13 Å². The molecule has 1 aromatic carbocycles. The lowest BCUT2D eigenvalue weighted by Gasteiger charge is -2.14. The molecule has 2 aromatic rings. The highest BCUT2D eigenvalue weighted by molar-refractivity contribution is 8.00. The second kappa shape index (κ2) is 12.3. The molecule has 0 atom stereocenters. The van der Waals surface area contributed by atoms with E-state index in [1.807, 2.05) is 6.92 Å². The summed E-state index contributed by atoms with van der Waals surface area (Å²) in [7, 11) is 1.57. The molecular formula is C20H25N3O5S2. The molecule has 0 saturated carbocycles. The average Bonchev–Trinajstić information content (AvgIpc) is 3.19. The van der Waals surface area contributed by atoms with E-state index in [9.17, 15) is 14.4 Å². The molecule has 2 amide bonds. The van der Waals surface area contributed by atoms with E-state index in [1.165, 1.54) is 30.0 Å². The maximum absolute atomic E-state index is 12.6. The highest BCUT2D eigenvalue weighted by Crippen LogP contribution is 2.24. The fourth-order valence-electron chi connectivity index (χ4n) is 2.44. The average molecular weight is 452 g/mol. The van der Waals surface area contributed by atoms with E-state index >= 15 is 0 Å². The molecule has 162 valence electrons. The Bertz CT molecular complexity index is 872. The summed E-state index contributed by atoms with van der Waals surface area (Å²) in [5, 5.41) is 5.08. The first-order valence-electron chi connectivity index (χ1n) is 9.33. The van der Waals surface area contributed by atoms with Crippen LogP contribution < -0.4 is 10.2 Å². The van der Waals surface area contributed by atoms with E-state index in [-0.39, 0.29) is 24.2 Å². The van der Waals surface area contributed by atoms with Gasteiger partial charge in [-0.2, -0.15) is 0 Å². The molecule has 1 N–H and O–H groups in total. The Morgan fingerprint density at radius 2 is 2.03 bits per heavy atom. The molecule has 10 heteroatoms. The van der Waals surface area contributed by atoms with Gasteiger partial charge in [-0.3, -0.25) is 14.5 Å². The second-order valence-corrected chi connectivity index (χ2v) is 7.94. The molecule has 1 heterocycles. The van der Waals surface area contributed by atoms with Crippen molar-refractivity contribution in [3.8, 4) is 0 Å². The monoisotopic (exact) mass is 451 g/mol. The van der Waals surface area contributed by atoms with Gasteiger partial charge in [0.2, 0.25) is 11.8 Å². The molecule has 0 saturated heterocycles. The summed E-state index contributed by atoms with van der Waals surface area (Å²) in [5.74, 6) is -0.540. The van der Waals surface area contributed by atoms with Crippen molar-refractivity contribution in [3.63, 3.8) is 0 Å². The zero-order valence-corrected chi connectivity index (χ0v) is 18.8. The number of methoxy groups -OCH3 is 1. The first-order valence-corrected chi connectivity index (χ1v) is 11.2. The smallest absolute Gasteiger partial charge is 0.339 e. The molecule has 8 nitrogen and oxygen atoms in total. The van der Waals surface area contributed by atoms with Crippen LogP contribution in [0.3, 0.4) is 0 Å². The number of hydrogen-bond donors (Lipinski definition) is 1. The number of nitrogens with zero attached hydrogens (tertiary/aromatic N) is 2. The Hall–Kier alpha value is -2.43. The van der Waals surface area contributed by atoms with Crippen LogP contribution in [-0.2, 0) is 25.7 Å². The summed E-state index contributed by atoms with van der Waals surface area (Å²) >= 11 is 2.59. The van der Waals surface area contributed by atoms with Crippen LogP contribution in [0.2, 0.25) is 0 Å². The van der Waals surface area contributed by atoms with E-state index in [1.54, 1.807) is 41.7 Å². The van der Waals surface area contributed by atoms with Crippen molar-refractivity contribution in [3.05, 3.63) is 40.9 Å². The molecular weight excluding hydrogens is 426 g/mol. The van der Waals surface area contributed by atoms with Crippen molar-refractivity contribution in [2.24, 2.45) is 0 Å². The van der Waals surface area contributed by atoms with Crippen molar-refractivity contribution in [1.82, 2.24) is 10.3 Å². The minimum absolute atomic E-state index is 0.00129. The molecule has 0 fully saturated rings. The van der Waals surface area contributed by atoms with E-state index in [4.69, 9.17) is 9.47 Å². The van der Waals surface area contributed by atoms with Gasteiger partial charge in [0.25, 0.3) is 0 Å². The Balaban J connectivity index is 1.94. The van der Waals surface area contributed by atoms with Crippen molar-refractivity contribution >= 4 is 46.0 Å². The SMILES string of the molecule is CCN(C(C)=O)c1nc(COC(=O)c2ccccc2SCC(=O)NCCOC)cs1. The summed E-state index contributed by atoms with van der Waals surface area (Å²) in [5.41, 5.74) is 0.965. The lowest BCUT2D eigenvalue weighted by Crippen LogP contribution is -2.28. The van der Waals surface area contributed by atoms with Crippen LogP contribution in [0, 0.1) is 0 Å². The molecule has 0 bridgehead atoms. The van der Waals surface area contributed by atoms with Gasteiger partial charge >= 0.3 is 5.97 Å². The normalized spacial score (nSPS) is 10.5. The zero-order valence-electron chi connectivity index (χ0n) is 17.2. The highest BCUT2D eigenvalue weighted by atomic mass is 32.2. The lowest BCUT2D eigenvalue weighted by molar-refractivity contribution is -0.119. The topological polar surface area (TPSA) is 97.8 Å². The standard InChI is InChI=1S/C20H25N3O5S2/c1-4-23(14(2)24)20-22-15(12-30-20)11-28-19(26)16-7-5-6-8-17(16)29-13-18(25)21-9-10-27-3/h5-8,12H,4,9-11,13H2,1-3H3,(H,21,25). The first kappa shape index (κ1) is 23.8. The second-order valence-electron chi connectivity index (χ2n) is 6.09. The molecule has 0 unspecified atom stereocenters. The summed E-state index contributed by atoms with van der Waals surface area (Å²) < 4.78 is 10.3. The van der Waals surface area contributed by atoms with Crippen LogP contribution in [0.4, 0.5) is 5.13 Å². The number of rotatable bonds is 11. The van der Waals surface area contributed by atoms with E-state index in [0.29, 0.717) is 41.0 Å². The summed E-state index contributed by atoms with van der Waals surface area (Å²) in [6.45, 7) is 4.76. The molecule has 30 heavy (non-hydrogen) atoms. The Kier molecular flexibility index (Phi) is 9.78. The number of thiazole rings is 1. The molecule has 1 aromatic heterocycles. The van der Waals surface area contributed by atoms with Gasteiger partial charge < -0.3 is 14.8 Å². The number of ether oxygens (including phenoxy) is 2. The van der Waals surface area contributed by atoms with Gasteiger partial charge in [-0.1, -0.05) is 12.1 Å². The number of esters is 1. The van der Waals surface area contributed by atoms with Gasteiger partial charge in [0.05, 0.1) is 23.6 Å². The van der Waals surface area contributed by atoms with Crippen molar-refractivity contribution in [2.45, 2.75) is 25.3 Å². The van der Waals surface area contributed by atoms with E-state index in [0.717, 1.165) is 0 Å². The molecule has 0 aliphatic heterocycles. The number of anilines is 1. The van der Waals surface area contributed by atoms with Crippen molar-refractivity contribution in [2.75, 3.05) is 37.5 Å². The van der Waals surface area contributed by atoms with Gasteiger partial charge in [0.1, 0.15) is 6.61 Å². The number of nitrogens with one attached hydrogen (secondary N) is 1. The fourth-order valence-corrected chi connectivity index (χ4v) is 4.23. The first-order chi connectivity index (χ1) is 14.5. The third-order valence-electron chi connectivity index (χ3n) is 3.91. The number of thioether (sulfide) groups is 1. The van der Waals surface area contributed by atoms with Crippen molar-refractivity contribution in [1.29, 1.82) is 0 Å². The number of amides is 2. The minimum atomic E-state index is -0.494. The number of carbonyl (C=O) groups excluding carboxylic acids is 3. The molecule has 0 radical (unpaired) electrons. The maximum atomic E-state index is 12.6.